The lowest BCUT2D eigenvalue weighted by Gasteiger charge is -2.11. The molecule has 1 atom stereocenters. The zero-order chi connectivity index (χ0) is 13.9. The molecule has 5 nitrogen and oxygen atoms in total. The number of carboxylic acid groups (broad SMARTS) is 1. The third kappa shape index (κ3) is 3.41. The van der Waals surface area contributed by atoms with E-state index in [9.17, 15) is 13.2 Å². The van der Waals surface area contributed by atoms with Crippen molar-refractivity contribution in [1.82, 2.24) is 4.72 Å². The molecular formula is C11H12BrNO4S. The Balaban J connectivity index is 3.22. The van der Waals surface area contributed by atoms with E-state index in [4.69, 9.17) is 5.11 Å². The van der Waals surface area contributed by atoms with Crippen molar-refractivity contribution < 1.29 is 18.3 Å². The summed E-state index contributed by atoms with van der Waals surface area (Å²) >= 11 is 3.05. The van der Waals surface area contributed by atoms with Crippen molar-refractivity contribution in [3.05, 3.63) is 40.9 Å². The number of sulfonamides is 1. The molecule has 0 saturated heterocycles. The highest BCUT2D eigenvalue weighted by atomic mass is 79.9. The lowest BCUT2D eigenvalue weighted by Crippen LogP contribution is -2.31. The second kappa shape index (κ2) is 5.64. The molecule has 0 amide bonds. The molecule has 0 bridgehead atoms. The summed E-state index contributed by atoms with van der Waals surface area (Å²) in [5, 5.41) is 8.92. The Morgan fingerprint density at radius 1 is 1.56 bits per heavy atom. The minimum Gasteiger partial charge on any atom is -0.478 e. The molecule has 2 N–H and O–H groups in total. The molecule has 0 aliphatic heterocycles. The standard InChI is InChI=1S/C11H12BrNO4S/c1-3-7(2)13-18(16,17)8-4-5-10(12)9(6-8)11(14)15/h3-7,13H,1H2,2H3,(H,14,15). The molecule has 1 aromatic rings. The maximum Gasteiger partial charge on any atom is 0.336 e. The Morgan fingerprint density at radius 3 is 2.67 bits per heavy atom. The zero-order valence-corrected chi connectivity index (χ0v) is 12.0. The van der Waals surface area contributed by atoms with Crippen molar-refractivity contribution in [3.63, 3.8) is 0 Å². The highest BCUT2D eigenvalue weighted by Crippen LogP contribution is 2.21. The van der Waals surface area contributed by atoms with Gasteiger partial charge in [0.05, 0.1) is 10.5 Å². The fraction of sp³-hybridized carbons (Fsp3) is 0.182. The van der Waals surface area contributed by atoms with E-state index in [1.165, 1.54) is 18.2 Å². The lowest BCUT2D eigenvalue weighted by molar-refractivity contribution is 0.0695. The van der Waals surface area contributed by atoms with Gasteiger partial charge in [-0.05, 0) is 41.1 Å². The average Bonchev–Trinajstić information content (AvgIpc) is 2.28. The van der Waals surface area contributed by atoms with Crippen molar-refractivity contribution in [2.24, 2.45) is 0 Å². The number of rotatable bonds is 5. The molecule has 98 valence electrons. The summed E-state index contributed by atoms with van der Waals surface area (Å²) in [6.07, 6.45) is 1.44. The summed E-state index contributed by atoms with van der Waals surface area (Å²) in [6.45, 7) is 5.10. The van der Waals surface area contributed by atoms with Crippen LogP contribution in [0, 0.1) is 0 Å². The van der Waals surface area contributed by atoms with Crippen LogP contribution in [0.15, 0.2) is 40.2 Å². The quantitative estimate of drug-likeness (QED) is 0.807. The zero-order valence-electron chi connectivity index (χ0n) is 9.55. The summed E-state index contributed by atoms with van der Waals surface area (Å²) in [4.78, 5) is 10.8. The van der Waals surface area contributed by atoms with Crippen LogP contribution in [0.4, 0.5) is 0 Å². The smallest absolute Gasteiger partial charge is 0.336 e. The topological polar surface area (TPSA) is 83.5 Å². The first-order chi connectivity index (χ1) is 8.27. The van der Waals surface area contributed by atoms with Crippen LogP contribution in [0.3, 0.4) is 0 Å². The molecule has 0 heterocycles. The second-order valence-corrected chi connectivity index (χ2v) is 6.16. The van der Waals surface area contributed by atoms with E-state index in [1.54, 1.807) is 6.92 Å². The Kier molecular flexibility index (Phi) is 4.66. The van der Waals surface area contributed by atoms with Gasteiger partial charge in [-0.2, -0.15) is 0 Å². The monoisotopic (exact) mass is 333 g/mol. The van der Waals surface area contributed by atoms with Gasteiger partial charge >= 0.3 is 5.97 Å². The predicted octanol–water partition coefficient (Wildman–Crippen LogP) is 2.00. The van der Waals surface area contributed by atoms with Gasteiger partial charge in [0, 0.05) is 10.5 Å². The van der Waals surface area contributed by atoms with Crippen LogP contribution >= 0.6 is 15.9 Å². The summed E-state index contributed by atoms with van der Waals surface area (Å²) in [6, 6.07) is 3.38. The van der Waals surface area contributed by atoms with Gasteiger partial charge < -0.3 is 5.11 Å². The van der Waals surface area contributed by atoms with Gasteiger partial charge in [0.15, 0.2) is 0 Å². The number of carbonyl (C=O) groups is 1. The first kappa shape index (κ1) is 14.9. The molecule has 18 heavy (non-hydrogen) atoms. The highest BCUT2D eigenvalue weighted by molar-refractivity contribution is 9.10. The first-order valence-corrected chi connectivity index (χ1v) is 7.23. The Morgan fingerprint density at radius 2 is 2.17 bits per heavy atom. The molecule has 7 heteroatoms. The number of carboxylic acids is 1. The number of halogens is 1. The van der Waals surface area contributed by atoms with E-state index in [0.29, 0.717) is 4.47 Å². The first-order valence-electron chi connectivity index (χ1n) is 4.95. The third-order valence-electron chi connectivity index (χ3n) is 2.17. The average molecular weight is 334 g/mol. The van der Waals surface area contributed by atoms with Crippen molar-refractivity contribution in [2.75, 3.05) is 0 Å². The van der Waals surface area contributed by atoms with Gasteiger partial charge in [0.25, 0.3) is 0 Å². The van der Waals surface area contributed by atoms with Gasteiger partial charge in [-0.25, -0.2) is 17.9 Å². The Labute approximate surface area is 114 Å². The normalized spacial score (nSPS) is 13.0. The molecule has 0 fully saturated rings. The summed E-state index contributed by atoms with van der Waals surface area (Å²) in [7, 11) is -3.75. The SMILES string of the molecule is C=CC(C)NS(=O)(=O)c1ccc(Br)c(C(=O)O)c1. The molecule has 0 aliphatic rings. The highest BCUT2D eigenvalue weighted by Gasteiger charge is 2.19. The minimum atomic E-state index is -3.75. The van der Waals surface area contributed by atoms with E-state index < -0.39 is 22.0 Å². The fourth-order valence-corrected chi connectivity index (χ4v) is 2.85. The van der Waals surface area contributed by atoms with Crippen LogP contribution in [-0.4, -0.2) is 25.5 Å². The van der Waals surface area contributed by atoms with Gasteiger partial charge in [-0.3, -0.25) is 0 Å². The van der Waals surface area contributed by atoms with Crippen LogP contribution in [-0.2, 0) is 10.0 Å². The maximum atomic E-state index is 11.9. The van der Waals surface area contributed by atoms with Gasteiger partial charge in [0.1, 0.15) is 0 Å². The number of hydrogen-bond acceptors (Lipinski definition) is 3. The largest absolute Gasteiger partial charge is 0.478 e. The molecule has 1 rings (SSSR count). The van der Waals surface area contributed by atoms with Crippen LogP contribution in [0.25, 0.3) is 0 Å². The Bertz CT molecular complexity index is 583. The predicted molar refractivity (Wildman–Crippen MR) is 71.1 cm³/mol. The third-order valence-corrected chi connectivity index (χ3v) is 4.42. The van der Waals surface area contributed by atoms with E-state index in [-0.39, 0.29) is 10.5 Å². The molecule has 1 unspecified atom stereocenters. The van der Waals surface area contributed by atoms with Crippen LogP contribution in [0.2, 0.25) is 0 Å². The lowest BCUT2D eigenvalue weighted by atomic mass is 10.2. The van der Waals surface area contributed by atoms with E-state index in [0.717, 1.165) is 6.07 Å². The molecule has 0 spiro atoms. The van der Waals surface area contributed by atoms with Crippen molar-refractivity contribution >= 4 is 31.9 Å². The maximum absolute atomic E-state index is 11.9. The molecule has 0 saturated carbocycles. The van der Waals surface area contributed by atoms with E-state index in [2.05, 4.69) is 27.2 Å². The number of benzene rings is 1. The number of nitrogens with one attached hydrogen (secondary N) is 1. The Hall–Kier alpha value is -1.18. The van der Waals surface area contributed by atoms with Gasteiger partial charge in [-0.15, -0.1) is 6.58 Å². The molecule has 0 radical (unpaired) electrons. The minimum absolute atomic E-state index is 0.100. The summed E-state index contributed by atoms with van der Waals surface area (Å²) in [5.74, 6) is -1.20. The number of aromatic carboxylic acids is 1. The second-order valence-electron chi connectivity index (χ2n) is 3.59. The van der Waals surface area contributed by atoms with E-state index >= 15 is 0 Å². The van der Waals surface area contributed by atoms with Crippen LogP contribution in [0.5, 0.6) is 0 Å². The van der Waals surface area contributed by atoms with Crippen molar-refractivity contribution in [3.8, 4) is 0 Å². The van der Waals surface area contributed by atoms with Gasteiger partial charge in [0.2, 0.25) is 10.0 Å². The molecule has 0 aromatic heterocycles. The molecule has 0 aliphatic carbocycles. The van der Waals surface area contributed by atoms with Crippen molar-refractivity contribution in [2.45, 2.75) is 17.9 Å². The number of hydrogen-bond donors (Lipinski definition) is 2. The van der Waals surface area contributed by atoms with E-state index in [1.807, 2.05) is 0 Å². The van der Waals surface area contributed by atoms with Gasteiger partial charge in [-0.1, -0.05) is 6.08 Å². The molecule has 1 aromatic carbocycles. The van der Waals surface area contributed by atoms with Crippen LogP contribution in [0.1, 0.15) is 17.3 Å². The summed E-state index contributed by atoms with van der Waals surface area (Å²) in [5.41, 5.74) is -0.107. The fourth-order valence-electron chi connectivity index (χ4n) is 1.20. The van der Waals surface area contributed by atoms with Crippen LogP contribution < -0.4 is 4.72 Å². The van der Waals surface area contributed by atoms with Crippen molar-refractivity contribution in [1.29, 1.82) is 0 Å². The molecular weight excluding hydrogens is 322 g/mol. The summed E-state index contributed by atoms with van der Waals surface area (Å²) < 4.78 is 26.5.